The van der Waals surface area contributed by atoms with E-state index in [4.69, 9.17) is 4.42 Å². The molecule has 21 heavy (non-hydrogen) atoms. The molecule has 0 bridgehead atoms. The number of rotatable bonds is 6. The first-order valence-corrected chi connectivity index (χ1v) is 6.54. The number of hydrogen-bond acceptors (Lipinski definition) is 4. The highest BCUT2D eigenvalue weighted by molar-refractivity contribution is 5.95. The standard InChI is InChI=1S/C15H17N3O3/c1-16-15(20)11-4-2-5-12(8-11)17-10-14(19)18-9-13-6-3-7-21-13/h2-8,17H,9-10H2,1H3,(H,16,20)(H,18,19). The molecule has 2 rings (SSSR count). The maximum Gasteiger partial charge on any atom is 0.251 e. The van der Waals surface area contributed by atoms with Gasteiger partial charge in [0, 0.05) is 18.3 Å². The molecule has 6 nitrogen and oxygen atoms in total. The maximum atomic E-state index is 11.7. The number of hydrogen-bond donors (Lipinski definition) is 3. The Hall–Kier alpha value is -2.76. The minimum atomic E-state index is -0.166. The van der Waals surface area contributed by atoms with Crippen LogP contribution < -0.4 is 16.0 Å². The summed E-state index contributed by atoms with van der Waals surface area (Å²) in [5, 5.41) is 8.25. The van der Waals surface area contributed by atoms with Crippen LogP contribution in [0.1, 0.15) is 16.1 Å². The lowest BCUT2D eigenvalue weighted by Gasteiger charge is -2.08. The smallest absolute Gasteiger partial charge is 0.251 e. The summed E-state index contributed by atoms with van der Waals surface area (Å²) in [6.07, 6.45) is 1.56. The Balaban J connectivity index is 1.82. The van der Waals surface area contributed by atoms with Gasteiger partial charge in [-0.25, -0.2) is 0 Å². The van der Waals surface area contributed by atoms with E-state index in [1.54, 1.807) is 49.7 Å². The predicted molar refractivity (Wildman–Crippen MR) is 78.9 cm³/mol. The van der Waals surface area contributed by atoms with E-state index in [1.807, 2.05) is 0 Å². The molecule has 0 unspecified atom stereocenters. The molecule has 0 aliphatic carbocycles. The van der Waals surface area contributed by atoms with Crippen molar-refractivity contribution < 1.29 is 14.0 Å². The second-order valence-corrected chi connectivity index (χ2v) is 4.37. The molecule has 1 aromatic heterocycles. The number of carbonyl (C=O) groups excluding carboxylic acids is 2. The normalized spacial score (nSPS) is 9.95. The van der Waals surface area contributed by atoms with Crippen molar-refractivity contribution in [3.05, 3.63) is 54.0 Å². The van der Waals surface area contributed by atoms with E-state index in [1.165, 1.54) is 0 Å². The van der Waals surface area contributed by atoms with Crippen LogP contribution in [-0.4, -0.2) is 25.4 Å². The first-order chi connectivity index (χ1) is 10.2. The van der Waals surface area contributed by atoms with Crippen LogP contribution in [0.5, 0.6) is 0 Å². The zero-order valence-corrected chi connectivity index (χ0v) is 11.7. The Morgan fingerprint density at radius 1 is 1.19 bits per heavy atom. The molecular weight excluding hydrogens is 270 g/mol. The van der Waals surface area contributed by atoms with Crippen LogP contribution in [-0.2, 0) is 11.3 Å². The Bertz CT molecular complexity index is 608. The third kappa shape index (κ3) is 4.38. The van der Waals surface area contributed by atoms with Crippen molar-refractivity contribution in [2.45, 2.75) is 6.54 Å². The third-order valence-electron chi connectivity index (χ3n) is 2.84. The van der Waals surface area contributed by atoms with Crippen LogP contribution >= 0.6 is 0 Å². The second kappa shape index (κ2) is 7.14. The molecule has 2 aromatic rings. The average Bonchev–Trinajstić information content (AvgIpc) is 3.04. The highest BCUT2D eigenvalue weighted by atomic mass is 16.3. The third-order valence-corrected chi connectivity index (χ3v) is 2.84. The molecule has 0 radical (unpaired) electrons. The number of anilines is 1. The number of amides is 2. The van der Waals surface area contributed by atoms with Crippen molar-refractivity contribution in [2.75, 3.05) is 18.9 Å². The van der Waals surface area contributed by atoms with Gasteiger partial charge in [0.05, 0.1) is 19.4 Å². The molecule has 110 valence electrons. The predicted octanol–water partition coefficient (Wildman–Crippen LogP) is 1.37. The maximum absolute atomic E-state index is 11.7. The summed E-state index contributed by atoms with van der Waals surface area (Å²) >= 11 is 0. The Morgan fingerprint density at radius 3 is 2.76 bits per heavy atom. The summed E-state index contributed by atoms with van der Waals surface area (Å²) in [5.74, 6) is 0.377. The molecule has 0 saturated heterocycles. The highest BCUT2D eigenvalue weighted by Gasteiger charge is 2.05. The van der Waals surface area contributed by atoms with E-state index < -0.39 is 0 Å². The number of furan rings is 1. The van der Waals surface area contributed by atoms with Gasteiger partial charge in [0.25, 0.3) is 5.91 Å². The summed E-state index contributed by atoms with van der Waals surface area (Å²) in [6.45, 7) is 0.476. The van der Waals surface area contributed by atoms with Gasteiger partial charge in [-0.2, -0.15) is 0 Å². The largest absolute Gasteiger partial charge is 0.467 e. The molecule has 0 atom stereocenters. The summed E-state index contributed by atoms with van der Waals surface area (Å²) in [7, 11) is 1.57. The van der Waals surface area contributed by atoms with Gasteiger partial charge in [0.1, 0.15) is 5.76 Å². The second-order valence-electron chi connectivity index (χ2n) is 4.37. The number of carbonyl (C=O) groups is 2. The average molecular weight is 287 g/mol. The molecule has 1 heterocycles. The molecule has 2 amide bonds. The van der Waals surface area contributed by atoms with E-state index in [9.17, 15) is 9.59 Å². The van der Waals surface area contributed by atoms with Crippen LogP contribution in [0.2, 0.25) is 0 Å². The number of nitrogens with one attached hydrogen (secondary N) is 3. The van der Waals surface area contributed by atoms with E-state index in [0.717, 1.165) is 0 Å². The van der Waals surface area contributed by atoms with Crippen LogP contribution in [0.4, 0.5) is 5.69 Å². The molecule has 0 aliphatic rings. The Labute approximate surface area is 122 Å². The lowest BCUT2D eigenvalue weighted by atomic mass is 10.2. The lowest BCUT2D eigenvalue weighted by molar-refractivity contribution is -0.119. The van der Waals surface area contributed by atoms with E-state index in [2.05, 4.69) is 16.0 Å². The van der Waals surface area contributed by atoms with Gasteiger partial charge in [-0.05, 0) is 30.3 Å². The van der Waals surface area contributed by atoms with E-state index >= 15 is 0 Å². The van der Waals surface area contributed by atoms with Crippen molar-refractivity contribution in [1.29, 1.82) is 0 Å². The van der Waals surface area contributed by atoms with Gasteiger partial charge in [-0.3, -0.25) is 9.59 Å². The highest BCUT2D eigenvalue weighted by Crippen LogP contribution is 2.10. The van der Waals surface area contributed by atoms with Crippen molar-refractivity contribution in [1.82, 2.24) is 10.6 Å². The van der Waals surface area contributed by atoms with Crippen molar-refractivity contribution in [3.8, 4) is 0 Å². The monoisotopic (exact) mass is 287 g/mol. The van der Waals surface area contributed by atoms with Crippen LogP contribution in [0.15, 0.2) is 47.1 Å². The zero-order valence-electron chi connectivity index (χ0n) is 11.7. The molecule has 1 aromatic carbocycles. The van der Waals surface area contributed by atoms with Gasteiger partial charge in [-0.1, -0.05) is 6.07 Å². The fraction of sp³-hybridized carbons (Fsp3) is 0.200. The van der Waals surface area contributed by atoms with Crippen molar-refractivity contribution in [2.24, 2.45) is 0 Å². The van der Waals surface area contributed by atoms with Crippen LogP contribution in [0.3, 0.4) is 0 Å². The SMILES string of the molecule is CNC(=O)c1cccc(NCC(=O)NCc2ccco2)c1. The number of benzene rings is 1. The summed E-state index contributed by atoms with van der Waals surface area (Å²) in [5.41, 5.74) is 1.25. The molecule has 6 heteroatoms. The molecular formula is C15H17N3O3. The molecule has 0 fully saturated rings. The minimum absolute atomic E-state index is 0.123. The fourth-order valence-electron chi connectivity index (χ4n) is 1.76. The summed E-state index contributed by atoms with van der Waals surface area (Å²) in [4.78, 5) is 23.2. The van der Waals surface area contributed by atoms with Crippen LogP contribution in [0, 0.1) is 0 Å². The van der Waals surface area contributed by atoms with Gasteiger partial charge in [0.2, 0.25) is 5.91 Å². The van der Waals surface area contributed by atoms with E-state index in [0.29, 0.717) is 23.6 Å². The molecule has 0 spiro atoms. The van der Waals surface area contributed by atoms with E-state index in [-0.39, 0.29) is 18.4 Å². The quantitative estimate of drug-likeness (QED) is 0.749. The van der Waals surface area contributed by atoms with Crippen molar-refractivity contribution in [3.63, 3.8) is 0 Å². The van der Waals surface area contributed by atoms with Gasteiger partial charge >= 0.3 is 0 Å². The van der Waals surface area contributed by atoms with Crippen LogP contribution in [0.25, 0.3) is 0 Å². The Kier molecular flexibility index (Phi) is 4.98. The first-order valence-electron chi connectivity index (χ1n) is 6.54. The van der Waals surface area contributed by atoms with Gasteiger partial charge in [0.15, 0.2) is 0 Å². The van der Waals surface area contributed by atoms with Gasteiger partial charge in [-0.15, -0.1) is 0 Å². The molecule has 0 aliphatic heterocycles. The summed E-state index contributed by atoms with van der Waals surface area (Å²) < 4.78 is 5.12. The van der Waals surface area contributed by atoms with Crippen molar-refractivity contribution >= 4 is 17.5 Å². The topological polar surface area (TPSA) is 83.4 Å². The lowest BCUT2D eigenvalue weighted by Crippen LogP contribution is -2.29. The van der Waals surface area contributed by atoms with Gasteiger partial charge < -0.3 is 20.4 Å². The minimum Gasteiger partial charge on any atom is -0.467 e. The molecule has 0 saturated carbocycles. The first kappa shape index (κ1) is 14.6. The fourth-order valence-corrected chi connectivity index (χ4v) is 1.76. The Morgan fingerprint density at radius 2 is 2.05 bits per heavy atom. The summed E-state index contributed by atoms with van der Waals surface area (Å²) in [6, 6.07) is 10.5. The molecule has 3 N–H and O–H groups in total. The zero-order chi connectivity index (χ0) is 15.1.